The monoisotopic (exact) mass is 440 g/mol. The zero-order valence-corrected chi connectivity index (χ0v) is 17.8. The smallest absolute Gasteiger partial charge is 0.264 e. The van der Waals surface area contributed by atoms with Gasteiger partial charge in [0.25, 0.3) is 5.56 Å². The minimum Gasteiger partial charge on any atom is -0.361 e. The summed E-state index contributed by atoms with van der Waals surface area (Å²) in [5, 5.41) is 15.1. The lowest BCUT2D eigenvalue weighted by Crippen LogP contribution is -2.25. The number of hydrogen-bond acceptors (Lipinski definition) is 5. The number of rotatable bonds is 4. The number of nitrogens with one attached hydrogen (secondary N) is 2. The maximum atomic E-state index is 13.6. The lowest BCUT2D eigenvalue weighted by Gasteiger charge is -2.22. The van der Waals surface area contributed by atoms with Crippen LogP contribution in [0.25, 0.3) is 27.5 Å². The summed E-state index contributed by atoms with van der Waals surface area (Å²) in [5.41, 5.74) is 2.28. The van der Waals surface area contributed by atoms with E-state index in [1.807, 2.05) is 55.5 Å². The quantitative estimate of drug-likeness (QED) is 0.411. The molecule has 0 saturated carbocycles. The van der Waals surface area contributed by atoms with Gasteiger partial charge in [-0.15, -0.1) is 0 Å². The predicted octanol–water partition coefficient (Wildman–Crippen LogP) is 4.96. The van der Waals surface area contributed by atoms with E-state index in [9.17, 15) is 10.1 Å². The topological polar surface area (TPSA) is 99.4 Å². The number of hydrogen-bond donors (Lipinski definition) is 2. The van der Waals surface area contributed by atoms with Gasteiger partial charge in [0.15, 0.2) is 0 Å². The molecule has 0 spiro atoms. The fourth-order valence-corrected chi connectivity index (χ4v) is 4.20. The van der Waals surface area contributed by atoms with Crippen LogP contribution in [-0.2, 0) is 0 Å². The largest absolute Gasteiger partial charge is 0.361 e. The van der Waals surface area contributed by atoms with Gasteiger partial charge in [-0.2, -0.15) is 5.26 Å². The predicted molar refractivity (Wildman–Crippen MR) is 125 cm³/mol. The van der Waals surface area contributed by atoms with Gasteiger partial charge in [-0.25, -0.2) is 9.97 Å². The number of para-hydroxylation sites is 1. The summed E-state index contributed by atoms with van der Waals surface area (Å²) in [6, 6.07) is 18.6. The van der Waals surface area contributed by atoms with E-state index >= 15 is 0 Å². The molecule has 0 bridgehead atoms. The number of benzene rings is 2. The Morgan fingerprint density at radius 1 is 1.12 bits per heavy atom. The van der Waals surface area contributed by atoms with Gasteiger partial charge in [0.05, 0.1) is 27.4 Å². The molecule has 5 rings (SSSR count). The zero-order valence-electron chi connectivity index (χ0n) is 17.0. The minimum absolute atomic E-state index is 0.199. The van der Waals surface area contributed by atoms with E-state index in [0.29, 0.717) is 32.8 Å². The fraction of sp³-hybridized carbons (Fsp3) is 0.0833. The first kappa shape index (κ1) is 19.8. The van der Waals surface area contributed by atoms with E-state index < -0.39 is 0 Å². The van der Waals surface area contributed by atoms with Crippen molar-refractivity contribution in [2.24, 2.45) is 0 Å². The second kappa shape index (κ2) is 7.84. The van der Waals surface area contributed by atoms with Crippen LogP contribution in [0.5, 0.6) is 0 Å². The van der Waals surface area contributed by atoms with Gasteiger partial charge in [-0.05, 0) is 36.6 Å². The second-order valence-corrected chi connectivity index (χ2v) is 7.78. The standard InChI is InChI=1S/C24H17ClN6O/c1-14(30-23-21-16(11-26)12-27-22(21)28-13-29-23)19-10-15-6-5-9-18(25)20(15)24(32)31(19)17-7-3-2-4-8-17/h2-10,12-14H,1H3,(H2,27,28,29,30). The van der Waals surface area contributed by atoms with Crippen molar-refractivity contribution in [1.82, 2.24) is 19.5 Å². The molecular formula is C24H17ClN6O. The maximum Gasteiger partial charge on any atom is 0.264 e. The van der Waals surface area contributed by atoms with Crippen molar-refractivity contribution >= 4 is 39.2 Å². The van der Waals surface area contributed by atoms with Crippen molar-refractivity contribution in [2.75, 3.05) is 5.32 Å². The van der Waals surface area contributed by atoms with Crippen molar-refractivity contribution in [2.45, 2.75) is 13.0 Å². The highest BCUT2D eigenvalue weighted by molar-refractivity contribution is 6.35. The number of nitriles is 1. The van der Waals surface area contributed by atoms with E-state index in [2.05, 4.69) is 26.3 Å². The highest BCUT2D eigenvalue weighted by Gasteiger charge is 2.20. The van der Waals surface area contributed by atoms with Crippen LogP contribution in [0.4, 0.5) is 5.82 Å². The molecule has 0 radical (unpaired) electrons. The molecular weight excluding hydrogens is 424 g/mol. The van der Waals surface area contributed by atoms with Crippen LogP contribution < -0.4 is 10.9 Å². The Hall–Kier alpha value is -4.15. The van der Waals surface area contributed by atoms with Crippen LogP contribution in [0.1, 0.15) is 24.2 Å². The number of aromatic nitrogens is 4. The summed E-state index contributed by atoms with van der Waals surface area (Å²) >= 11 is 6.39. The highest BCUT2D eigenvalue weighted by atomic mass is 35.5. The Balaban J connectivity index is 1.71. The molecule has 8 heteroatoms. The van der Waals surface area contributed by atoms with Gasteiger partial charge in [-0.3, -0.25) is 9.36 Å². The molecule has 1 unspecified atom stereocenters. The van der Waals surface area contributed by atoms with E-state index in [-0.39, 0.29) is 11.6 Å². The van der Waals surface area contributed by atoms with Gasteiger partial charge in [0, 0.05) is 17.6 Å². The summed E-state index contributed by atoms with van der Waals surface area (Å²) in [6.45, 7) is 1.94. The van der Waals surface area contributed by atoms with E-state index in [0.717, 1.165) is 16.8 Å². The molecule has 156 valence electrons. The Morgan fingerprint density at radius 2 is 1.94 bits per heavy atom. The third kappa shape index (κ3) is 3.18. The van der Waals surface area contributed by atoms with E-state index in [4.69, 9.17) is 11.6 Å². The van der Waals surface area contributed by atoms with Crippen LogP contribution >= 0.6 is 11.6 Å². The van der Waals surface area contributed by atoms with Crippen molar-refractivity contribution in [3.63, 3.8) is 0 Å². The molecule has 32 heavy (non-hydrogen) atoms. The Kier molecular flexibility index (Phi) is 4.85. The first-order valence-electron chi connectivity index (χ1n) is 9.97. The Bertz CT molecular complexity index is 1570. The number of H-pyrrole nitrogens is 1. The molecule has 0 fully saturated rings. The minimum atomic E-state index is -0.328. The molecule has 5 aromatic rings. The number of pyridine rings is 1. The number of fused-ring (bicyclic) bond motifs is 2. The van der Waals surface area contributed by atoms with Crippen molar-refractivity contribution in [3.05, 3.63) is 93.8 Å². The Labute approximate surface area is 187 Å². The maximum absolute atomic E-state index is 13.6. The van der Waals surface area contributed by atoms with E-state index in [1.165, 1.54) is 6.33 Å². The summed E-state index contributed by atoms with van der Waals surface area (Å²) in [5.74, 6) is 0.513. The van der Waals surface area contributed by atoms with Crippen LogP contribution in [0.2, 0.25) is 5.02 Å². The van der Waals surface area contributed by atoms with Crippen molar-refractivity contribution < 1.29 is 0 Å². The molecule has 1 atom stereocenters. The average Bonchev–Trinajstić information content (AvgIpc) is 3.24. The second-order valence-electron chi connectivity index (χ2n) is 7.38. The lowest BCUT2D eigenvalue weighted by atomic mass is 10.1. The summed E-state index contributed by atoms with van der Waals surface area (Å²) in [7, 11) is 0. The summed E-state index contributed by atoms with van der Waals surface area (Å²) in [6.07, 6.45) is 3.03. The SMILES string of the molecule is CC(Nc1ncnc2[nH]cc(C#N)c12)c1cc2cccc(Cl)c2c(=O)n1-c1ccccc1. The molecule has 3 aromatic heterocycles. The summed E-state index contributed by atoms with van der Waals surface area (Å²) in [4.78, 5) is 25.1. The molecule has 3 heterocycles. The van der Waals surface area contributed by atoms with Crippen LogP contribution in [0, 0.1) is 11.3 Å². The van der Waals surface area contributed by atoms with Crippen LogP contribution in [-0.4, -0.2) is 19.5 Å². The number of halogens is 1. The molecule has 0 aliphatic rings. The molecule has 7 nitrogen and oxygen atoms in total. The molecule has 0 aliphatic heterocycles. The first-order valence-corrected chi connectivity index (χ1v) is 10.3. The lowest BCUT2D eigenvalue weighted by molar-refractivity contribution is 0.774. The third-order valence-corrected chi connectivity index (χ3v) is 5.74. The highest BCUT2D eigenvalue weighted by Crippen LogP contribution is 2.29. The van der Waals surface area contributed by atoms with Gasteiger partial charge >= 0.3 is 0 Å². The molecule has 0 aliphatic carbocycles. The van der Waals surface area contributed by atoms with Crippen LogP contribution in [0.15, 0.2) is 71.9 Å². The Morgan fingerprint density at radius 3 is 2.72 bits per heavy atom. The molecule has 0 saturated heterocycles. The molecule has 0 amide bonds. The molecule has 2 N–H and O–H groups in total. The van der Waals surface area contributed by atoms with Crippen molar-refractivity contribution in [3.8, 4) is 11.8 Å². The third-order valence-electron chi connectivity index (χ3n) is 5.43. The number of aromatic amines is 1. The zero-order chi connectivity index (χ0) is 22.2. The van der Waals surface area contributed by atoms with Gasteiger partial charge in [0.2, 0.25) is 0 Å². The molecule has 2 aromatic carbocycles. The fourth-order valence-electron chi connectivity index (χ4n) is 3.94. The van der Waals surface area contributed by atoms with Gasteiger partial charge in [-0.1, -0.05) is 41.9 Å². The number of nitrogens with zero attached hydrogens (tertiary/aromatic N) is 4. The van der Waals surface area contributed by atoms with E-state index in [1.54, 1.807) is 16.8 Å². The normalized spacial score (nSPS) is 12.0. The van der Waals surface area contributed by atoms with Gasteiger partial charge in [0.1, 0.15) is 23.9 Å². The first-order chi connectivity index (χ1) is 15.6. The van der Waals surface area contributed by atoms with Gasteiger partial charge < -0.3 is 10.3 Å². The number of anilines is 1. The average molecular weight is 441 g/mol. The van der Waals surface area contributed by atoms with Crippen molar-refractivity contribution in [1.29, 1.82) is 5.26 Å². The van der Waals surface area contributed by atoms with Crippen LogP contribution in [0.3, 0.4) is 0 Å². The summed E-state index contributed by atoms with van der Waals surface area (Å²) < 4.78 is 1.66.